The quantitative estimate of drug-likeness (QED) is 0.688. The first-order valence-corrected chi connectivity index (χ1v) is 6.68. The van der Waals surface area contributed by atoms with Crippen molar-refractivity contribution >= 4 is 10.0 Å². The molecule has 1 aliphatic rings. The summed E-state index contributed by atoms with van der Waals surface area (Å²) < 4.78 is 22.4. The van der Waals surface area contributed by atoms with Crippen LogP contribution < -0.4 is 5.14 Å². The Hall–Kier alpha value is -0.350. The number of allylic oxidation sites excluding steroid dienone is 1. The zero-order valence-electron chi connectivity index (χ0n) is 8.65. The first-order valence-electron chi connectivity index (χ1n) is 5.07. The first-order chi connectivity index (χ1) is 6.45. The van der Waals surface area contributed by atoms with E-state index in [9.17, 15) is 8.42 Å². The molecule has 0 aromatic heterocycles. The van der Waals surface area contributed by atoms with Gasteiger partial charge in [-0.2, -0.15) is 0 Å². The smallest absolute Gasteiger partial charge is 0.211 e. The van der Waals surface area contributed by atoms with Gasteiger partial charge in [-0.15, -0.1) is 6.58 Å². The van der Waals surface area contributed by atoms with Crippen molar-refractivity contribution < 1.29 is 8.42 Å². The lowest BCUT2D eigenvalue weighted by Crippen LogP contribution is -2.32. The molecule has 0 saturated heterocycles. The summed E-state index contributed by atoms with van der Waals surface area (Å²) in [5.74, 6) is 0.874. The van der Waals surface area contributed by atoms with Crippen molar-refractivity contribution in [3.8, 4) is 0 Å². The summed E-state index contributed by atoms with van der Waals surface area (Å²) in [6, 6.07) is 0. The van der Waals surface area contributed by atoms with Crippen molar-refractivity contribution in [2.45, 2.75) is 37.9 Å². The molecule has 4 heteroatoms. The van der Waals surface area contributed by atoms with E-state index in [-0.39, 0.29) is 5.92 Å². The molecule has 1 saturated carbocycles. The molecule has 0 aromatic rings. The van der Waals surface area contributed by atoms with Crippen molar-refractivity contribution in [1.82, 2.24) is 0 Å². The first kappa shape index (κ1) is 11.7. The summed E-state index contributed by atoms with van der Waals surface area (Å²) in [5, 5.41) is 4.70. The molecule has 0 amide bonds. The highest BCUT2D eigenvalue weighted by Crippen LogP contribution is 2.38. The highest BCUT2D eigenvalue weighted by atomic mass is 32.2. The molecule has 1 aliphatic carbocycles. The van der Waals surface area contributed by atoms with E-state index in [1.807, 2.05) is 0 Å². The lowest BCUT2D eigenvalue weighted by Gasteiger charge is -2.20. The van der Waals surface area contributed by atoms with Gasteiger partial charge >= 0.3 is 0 Å². The lowest BCUT2D eigenvalue weighted by molar-refractivity contribution is 0.439. The second-order valence-electron chi connectivity index (χ2n) is 4.26. The van der Waals surface area contributed by atoms with Crippen LogP contribution in [0.15, 0.2) is 12.7 Å². The van der Waals surface area contributed by atoms with Crippen LogP contribution >= 0.6 is 0 Å². The predicted molar refractivity (Wildman–Crippen MR) is 58.2 cm³/mol. The molecule has 82 valence electrons. The molecule has 0 spiro atoms. The van der Waals surface area contributed by atoms with E-state index in [1.54, 1.807) is 13.0 Å². The van der Waals surface area contributed by atoms with E-state index in [0.29, 0.717) is 0 Å². The van der Waals surface area contributed by atoms with Crippen LogP contribution in [0.1, 0.15) is 32.6 Å². The molecule has 0 aliphatic heterocycles. The summed E-state index contributed by atoms with van der Waals surface area (Å²) >= 11 is 0. The Labute approximate surface area is 86.4 Å². The van der Waals surface area contributed by atoms with Gasteiger partial charge in [0.2, 0.25) is 10.0 Å². The Kier molecular flexibility index (Phi) is 3.72. The van der Waals surface area contributed by atoms with Gasteiger partial charge in [-0.3, -0.25) is 0 Å². The highest BCUT2D eigenvalue weighted by Gasteiger charge is 2.31. The lowest BCUT2D eigenvalue weighted by atomic mass is 9.95. The summed E-state index contributed by atoms with van der Waals surface area (Å²) in [7, 11) is -3.39. The van der Waals surface area contributed by atoms with Crippen LogP contribution in [0, 0.1) is 11.8 Å². The van der Waals surface area contributed by atoms with Crippen LogP contribution in [0.25, 0.3) is 0 Å². The third-order valence-corrected chi connectivity index (χ3v) is 4.41. The standard InChI is InChI=1S/C10H19NO2S/c1-3-4-10(7-9-5-6-9)8(2)14(11,12)13/h3,8-10H,1,4-7H2,2H3,(H2,11,12,13)/t8-,10+/m1/s1. The van der Waals surface area contributed by atoms with Gasteiger partial charge < -0.3 is 0 Å². The van der Waals surface area contributed by atoms with E-state index in [0.717, 1.165) is 18.8 Å². The molecule has 3 nitrogen and oxygen atoms in total. The maximum absolute atomic E-state index is 11.2. The number of sulfonamides is 1. The molecule has 2 N–H and O–H groups in total. The topological polar surface area (TPSA) is 60.2 Å². The Balaban J connectivity index is 2.59. The van der Waals surface area contributed by atoms with Crippen molar-refractivity contribution in [2.75, 3.05) is 0 Å². The summed E-state index contributed by atoms with van der Waals surface area (Å²) in [6.07, 6.45) is 5.99. The predicted octanol–water partition coefficient (Wildman–Crippen LogP) is 1.66. The number of primary sulfonamides is 1. The van der Waals surface area contributed by atoms with Crippen molar-refractivity contribution in [1.29, 1.82) is 0 Å². The Morgan fingerprint density at radius 2 is 2.14 bits per heavy atom. The minimum absolute atomic E-state index is 0.148. The van der Waals surface area contributed by atoms with Crippen molar-refractivity contribution in [2.24, 2.45) is 17.0 Å². The van der Waals surface area contributed by atoms with Crippen LogP contribution in [0.2, 0.25) is 0 Å². The molecule has 1 fully saturated rings. The number of hydrogen-bond acceptors (Lipinski definition) is 2. The molecule has 2 atom stereocenters. The molecule has 0 aromatic carbocycles. The fraction of sp³-hybridized carbons (Fsp3) is 0.800. The maximum Gasteiger partial charge on any atom is 0.211 e. The third-order valence-electron chi connectivity index (χ3n) is 2.98. The Morgan fingerprint density at radius 1 is 1.57 bits per heavy atom. The van der Waals surface area contributed by atoms with E-state index in [4.69, 9.17) is 5.14 Å². The zero-order chi connectivity index (χ0) is 10.8. The molecule has 0 bridgehead atoms. The number of rotatable bonds is 6. The number of nitrogens with two attached hydrogens (primary N) is 1. The largest absolute Gasteiger partial charge is 0.228 e. The van der Waals surface area contributed by atoms with Gasteiger partial charge in [0.05, 0.1) is 5.25 Å². The summed E-state index contributed by atoms with van der Waals surface area (Å²) in [5.41, 5.74) is 0. The van der Waals surface area contributed by atoms with Crippen LogP contribution in [0.3, 0.4) is 0 Å². The van der Waals surface area contributed by atoms with E-state index in [2.05, 4.69) is 6.58 Å². The second-order valence-corrected chi connectivity index (χ2v) is 6.18. The van der Waals surface area contributed by atoms with Crippen molar-refractivity contribution in [3.05, 3.63) is 12.7 Å². The molecule has 0 heterocycles. The van der Waals surface area contributed by atoms with Gasteiger partial charge in [-0.05, 0) is 31.6 Å². The number of hydrogen-bond donors (Lipinski definition) is 1. The summed E-state index contributed by atoms with van der Waals surface area (Å²) in [4.78, 5) is 0. The van der Waals surface area contributed by atoms with E-state index in [1.165, 1.54) is 12.8 Å². The van der Waals surface area contributed by atoms with Gasteiger partial charge in [-0.25, -0.2) is 13.6 Å². The Bertz CT molecular complexity index is 293. The van der Waals surface area contributed by atoms with Gasteiger partial charge in [0.1, 0.15) is 0 Å². The van der Waals surface area contributed by atoms with Crippen LogP contribution in [0.4, 0.5) is 0 Å². The third kappa shape index (κ3) is 3.42. The maximum atomic E-state index is 11.2. The summed E-state index contributed by atoms with van der Waals surface area (Å²) in [6.45, 7) is 5.36. The minimum Gasteiger partial charge on any atom is -0.228 e. The molecule has 0 radical (unpaired) electrons. The van der Waals surface area contributed by atoms with Gasteiger partial charge in [0.25, 0.3) is 0 Å². The molecule has 14 heavy (non-hydrogen) atoms. The van der Waals surface area contributed by atoms with E-state index >= 15 is 0 Å². The van der Waals surface area contributed by atoms with E-state index < -0.39 is 15.3 Å². The fourth-order valence-corrected chi connectivity index (χ4v) is 2.50. The average molecular weight is 217 g/mol. The van der Waals surface area contributed by atoms with Crippen LogP contribution in [-0.2, 0) is 10.0 Å². The highest BCUT2D eigenvalue weighted by molar-refractivity contribution is 7.89. The van der Waals surface area contributed by atoms with Gasteiger partial charge in [-0.1, -0.05) is 18.9 Å². The average Bonchev–Trinajstić information content (AvgIpc) is 2.84. The second kappa shape index (κ2) is 4.45. The van der Waals surface area contributed by atoms with Gasteiger partial charge in [0.15, 0.2) is 0 Å². The minimum atomic E-state index is -3.39. The Morgan fingerprint density at radius 3 is 2.50 bits per heavy atom. The molecule has 0 unspecified atom stereocenters. The van der Waals surface area contributed by atoms with Crippen LogP contribution in [0.5, 0.6) is 0 Å². The SMILES string of the molecule is C=CC[C@@H](CC1CC1)[C@@H](C)S(N)(=O)=O. The zero-order valence-corrected chi connectivity index (χ0v) is 9.46. The normalized spacial score (nSPS) is 21.6. The molecule has 1 rings (SSSR count). The monoisotopic (exact) mass is 217 g/mol. The van der Waals surface area contributed by atoms with Gasteiger partial charge in [0, 0.05) is 0 Å². The van der Waals surface area contributed by atoms with Crippen LogP contribution in [-0.4, -0.2) is 13.7 Å². The fourth-order valence-electron chi connectivity index (χ4n) is 1.74. The molecular weight excluding hydrogens is 198 g/mol. The van der Waals surface area contributed by atoms with Crippen molar-refractivity contribution in [3.63, 3.8) is 0 Å². The molecular formula is C10H19NO2S.